The van der Waals surface area contributed by atoms with Crippen LogP contribution in [0.5, 0.6) is 11.5 Å². The molecule has 0 spiro atoms. The maximum absolute atomic E-state index is 13.8. The molecule has 3 aromatic carbocycles. The van der Waals surface area contributed by atoms with Gasteiger partial charge in [-0.3, -0.25) is 9.59 Å². The number of para-hydroxylation sites is 1. The van der Waals surface area contributed by atoms with E-state index < -0.39 is 22.8 Å². The number of hydrogen-bond acceptors (Lipinski definition) is 6. The van der Waals surface area contributed by atoms with Crippen molar-refractivity contribution in [3.63, 3.8) is 0 Å². The van der Waals surface area contributed by atoms with Gasteiger partial charge >= 0.3 is 11.9 Å². The minimum atomic E-state index is -1.63. The van der Waals surface area contributed by atoms with Gasteiger partial charge in [-0.15, -0.1) is 0 Å². The molecule has 1 atom stereocenters. The zero-order valence-corrected chi connectivity index (χ0v) is 20.4. The number of rotatable bonds is 7. The molecule has 0 aromatic heterocycles. The molecule has 6 heteroatoms. The minimum absolute atomic E-state index is 0.180. The van der Waals surface area contributed by atoms with E-state index in [4.69, 9.17) is 18.9 Å². The Balaban J connectivity index is 2.08. The summed E-state index contributed by atoms with van der Waals surface area (Å²) in [7, 11) is 5.80. The molecule has 1 unspecified atom stereocenters. The first kappa shape index (κ1) is 24.3. The van der Waals surface area contributed by atoms with Crippen molar-refractivity contribution in [2.24, 2.45) is 5.41 Å². The average molecular weight is 475 g/mol. The highest BCUT2D eigenvalue weighted by molar-refractivity contribution is 6.03. The van der Waals surface area contributed by atoms with Gasteiger partial charge in [-0.05, 0) is 36.0 Å². The normalized spacial score (nSPS) is 17.9. The minimum Gasteiger partial charge on any atom is -0.493 e. The summed E-state index contributed by atoms with van der Waals surface area (Å²) in [5.74, 6) is -0.314. The van der Waals surface area contributed by atoms with Crippen LogP contribution in [0.2, 0.25) is 0 Å². The van der Waals surface area contributed by atoms with Crippen molar-refractivity contribution in [3.05, 3.63) is 95.6 Å². The van der Waals surface area contributed by atoms with Gasteiger partial charge in [0.05, 0.1) is 28.4 Å². The summed E-state index contributed by atoms with van der Waals surface area (Å²) in [6, 6.07) is 25.0. The van der Waals surface area contributed by atoms with Gasteiger partial charge in [0, 0.05) is 11.0 Å². The van der Waals surface area contributed by atoms with E-state index in [0.717, 1.165) is 16.7 Å². The first-order chi connectivity index (χ1) is 17.0. The number of hydrogen-bond donors (Lipinski definition) is 0. The second-order valence-electron chi connectivity index (χ2n) is 8.71. The zero-order chi connectivity index (χ0) is 25.1. The Morgan fingerprint density at radius 3 is 1.69 bits per heavy atom. The highest BCUT2D eigenvalue weighted by Crippen LogP contribution is 2.64. The van der Waals surface area contributed by atoms with Crippen molar-refractivity contribution >= 4 is 11.9 Å². The monoisotopic (exact) mass is 474 g/mol. The van der Waals surface area contributed by atoms with Crippen molar-refractivity contribution in [1.29, 1.82) is 0 Å². The van der Waals surface area contributed by atoms with E-state index in [-0.39, 0.29) is 12.3 Å². The zero-order valence-electron chi connectivity index (χ0n) is 20.4. The Morgan fingerprint density at radius 1 is 0.686 bits per heavy atom. The van der Waals surface area contributed by atoms with Gasteiger partial charge in [0.25, 0.3) is 0 Å². The number of carbonyl (C=O) groups excluding carboxylic acids is 2. The summed E-state index contributed by atoms with van der Waals surface area (Å²) >= 11 is 0. The number of carbonyl (C=O) groups is 2. The quantitative estimate of drug-likeness (QED) is 0.358. The van der Waals surface area contributed by atoms with E-state index in [1.807, 2.05) is 78.9 Å². The second kappa shape index (κ2) is 9.82. The smallest absolute Gasteiger partial charge is 0.324 e. The number of ether oxygens (including phenoxy) is 4. The highest BCUT2D eigenvalue weighted by Gasteiger charge is 2.70. The van der Waals surface area contributed by atoms with Crippen LogP contribution in [0.4, 0.5) is 0 Å². The van der Waals surface area contributed by atoms with Crippen LogP contribution in [0.25, 0.3) is 0 Å². The van der Waals surface area contributed by atoms with Crippen molar-refractivity contribution in [2.45, 2.75) is 24.2 Å². The topological polar surface area (TPSA) is 71.1 Å². The fourth-order valence-electron chi connectivity index (χ4n) is 5.90. The lowest BCUT2D eigenvalue weighted by Gasteiger charge is -2.42. The summed E-state index contributed by atoms with van der Waals surface area (Å²) in [4.78, 5) is 27.5. The predicted octanol–water partition coefficient (Wildman–Crippen LogP) is 4.90. The van der Waals surface area contributed by atoms with Crippen LogP contribution >= 0.6 is 0 Å². The molecular formula is C29H30O6. The SMILES string of the molecule is COC(=O)C1(C(=O)OC)CC(c2cccc(OC)c2OC)CC1(c1ccccc1)c1ccccc1. The van der Waals surface area contributed by atoms with Crippen LogP contribution < -0.4 is 9.47 Å². The third kappa shape index (κ3) is 3.64. The van der Waals surface area contributed by atoms with Crippen LogP contribution in [-0.4, -0.2) is 40.4 Å². The van der Waals surface area contributed by atoms with Crippen LogP contribution in [0.1, 0.15) is 35.4 Å². The molecule has 182 valence electrons. The molecule has 0 heterocycles. The van der Waals surface area contributed by atoms with Crippen molar-refractivity contribution in [1.82, 2.24) is 0 Å². The third-order valence-corrected chi connectivity index (χ3v) is 7.31. The van der Waals surface area contributed by atoms with Gasteiger partial charge in [0.2, 0.25) is 0 Å². The lowest BCUT2D eigenvalue weighted by Crippen LogP contribution is -2.54. The van der Waals surface area contributed by atoms with E-state index >= 15 is 0 Å². The van der Waals surface area contributed by atoms with Gasteiger partial charge in [-0.1, -0.05) is 72.8 Å². The molecule has 3 aromatic rings. The number of esters is 2. The summed E-state index contributed by atoms with van der Waals surface area (Å²) < 4.78 is 22.0. The number of methoxy groups -OCH3 is 4. The van der Waals surface area contributed by atoms with E-state index in [1.165, 1.54) is 14.2 Å². The van der Waals surface area contributed by atoms with Crippen molar-refractivity contribution in [3.8, 4) is 11.5 Å². The molecule has 1 aliphatic rings. The average Bonchev–Trinajstić information content (AvgIpc) is 3.30. The summed E-state index contributed by atoms with van der Waals surface area (Å²) in [6.45, 7) is 0. The van der Waals surface area contributed by atoms with Crippen LogP contribution in [0.3, 0.4) is 0 Å². The third-order valence-electron chi connectivity index (χ3n) is 7.31. The molecule has 4 rings (SSSR count). The van der Waals surface area contributed by atoms with Crippen LogP contribution in [0, 0.1) is 5.41 Å². The molecule has 0 amide bonds. The standard InChI is InChI=1S/C29H30O6/c1-32-24-17-11-16-23(25(24)33-2)20-18-28(21-12-7-5-8-13-21,22-14-9-6-10-15-22)29(19-20,26(30)34-3)27(31)35-4/h5-17,20H,18-19H2,1-4H3. The molecule has 35 heavy (non-hydrogen) atoms. The van der Waals surface area contributed by atoms with Crippen molar-refractivity contribution in [2.75, 3.05) is 28.4 Å². The molecule has 0 saturated heterocycles. The Morgan fingerprint density at radius 2 is 1.23 bits per heavy atom. The molecule has 0 radical (unpaired) electrons. The molecule has 1 aliphatic carbocycles. The lowest BCUT2D eigenvalue weighted by atomic mass is 9.58. The molecule has 1 saturated carbocycles. The first-order valence-electron chi connectivity index (χ1n) is 11.5. The Hall–Kier alpha value is -3.80. The Bertz CT molecular complexity index is 1130. The van der Waals surface area contributed by atoms with Gasteiger partial charge in [0.15, 0.2) is 16.9 Å². The molecule has 6 nitrogen and oxygen atoms in total. The summed E-state index contributed by atoms with van der Waals surface area (Å²) in [5, 5.41) is 0. The predicted molar refractivity (Wildman–Crippen MR) is 132 cm³/mol. The van der Waals surface area contributed by atoms with Gasteiger partial charge in [-0.25, -0.2) is 0 Å². The van der Waals surface area contributed by atoms with E-state index in [0.29, 0.717) is 17.9 Å². The lowest BCUT2D eigenvalue weighted by molar-refractivity contribution is -0.172. The summed E-state index contributed by atoms with van der Waals surface area (Å²) in [5.41, 5.74) is -0.137. The fraction of sp³-hybridized carbons (Fsp3) is 0.310. The van der Waals surface area contributed by atoms with Gasteiger partial charge in [0.1, 0.15) is 0 Å². The van der Waals surface area contributed by atoms with Crippen LogP contribution in [-0.2, 0) is 24.5 Å². The Labute approximate surface area is 205 Å². The Kier molecular flexibility index (Phi) is 6.83. The van der Waals surface area contributed by atoms with Gasteiger partial charge < -0.3 is 18.9 Å². The fourth-order valence-corrected chi connectivity index (χ4v) is 5.90. The van der Waals surface area contributed by atoms with E-state index in [2.05, 4.69) is 0 Å². The maximum Gasteiger partial charge on any atom is 0.324 e. The molecule has 0 N–H and O–H groups in total. The largest absolute Gasteiger partial charge is 0.493 e. The van der Waals surface area contributed by atoms with E-state index in [9.17, 15) is 9.59 Å². The first-order valence-corrected chi connectivity index (χ1v) is 11.5. The highest BCUT2D eigenvalue weighted by atomic mass is 16.5. The number of benzene rings is 3. The molecule has 0 bridgehead atoms. The molecule has 0 aliphatic heterocycles. The molecular weight excluding hydrogens is 444 g/mol. The van der Waals surface area contributed by atoms with Gasteiger partial charge in [-0.2, -0.15) is 0 Å². The van der Waals surface area contributed by atoms with Crippen LogP contribution in [0.15, 0.2) is 78.9 Å². The molecule has 1 fully saturated rings. The van der Waals surface area contributed by atoms with Crippen molar-refractivity contribution < 1.29 is 28.5 Å². The second-order valence-corrected chi connectivity index (χ2v) is 8.71. The maximum atomic E-state index is 13.8. The summed E-state index contributed by atoms with van der Waals surface area (Å²) in [6.07, 6.45) is 0.633. The van der Waals surface area contributed by atoms with E-state index in [1.54, 1.807) is 14.2 Å².